The smallest absolute Gasteiger partial charge is 0.462 e. The van der Waals surface area contributed by atoms with Gasteiger partial charge in [-0.2, -0.15) is 0 Å². The molecular formula is C62H107NO8P+. The summed E-state index contributed by atoms with van der Waals surface area (Å²) < 4.78 is 34.5. The molecule has 0 saturated heterocycles. The van der Waals surface area contributed by atoms with Gasteiger partial charge in [-0.3, -0.25) is 18.6 Å². The summed E-state index contributed by atoms with van der Waals surface area (Å²) in [6.07, 6.45) is 72.9. The Morgan fingerprint density at radius 2 is 0.792 bits per heavy atom. The first-order valence-corrected chi connectivity index (χ1v) is 30.1. The van der Waals surface area contributed by atoms with Crippen LogP contribution in [0.4, 0.5) is 0 Å². The Morgan fingerprint density at radius 3 is 1.19 bits per heavy atom. The third kappa shape index (κ3) is 56.0. The molecule has 0 heterocycles. The van der Waals surface area contributed by atoms with E-state index in [1.165, 1.54) is 64.2 Å². The van der Waals surface area contributed by atoms with E-state index in [2.05, 4.69) is 123 Å². The number of rotatable bonds is 51. The number of carbonyl (C=O) groups is 2. The van der Waals surface area contributed by atoms with Crippen LogP contribution >= 0.6 is 7.82 Å². The summed E-state index contributed by atoms with van der Waals surface area (Å²) in [6.45, 7) is 4.28. The lowest BCUT2D eigenvalue weighted by molar-refractivity contribution is -0.870. The van der Waals surface area contributed by atoms with Gasteiger partial charge >= 0.3 is 19.8 Å². The van der Waals surface area contributed by atoms with Crippen molar-refractivity contribution >= 4 is 19.8 Å². The number of hydrogen-bond acceptors (Lipinski definition) is 7. The highest BCUT2D eigenvalue weighted by Crippen LogP contribution is 2.43. The molecule has 0 aromatic carbocycles. The fourth-order valence-corrected chi connectivity index (χ4v) is 8.12. The van der Waals surface area contributed by atoms with Crippen molar-refractivity contribution in [2.45, 2.75) is 225 Å². The molecule has 1 N–H and O–H groups in total. The summed E-state index contributed by atoms with van der Waals surface area (Å²) in [7, 11) is 1.45. The Bertz CT molecular complexity index is 1580. The summed E-state index contributed by atoms with van der Waals surface area (Å²) in [4.78, 5) is 35.6. The van der Waals surface area contributed by atoms with Crippen LogP contribution in [-0.2, 0) is 32.7 Å². The average Bonchev–Trinajstić information content (AvgIpc) is 3.34. The van der Waals surface area contributed by atoms with E-state index in [0.29, 0.717) is 17.4 Å². The second kappa shape index (κ2) is 52.5. The third-order valence-electron chi connectivity index (χ3n) is 11.8. The predicted molar refractivity (Wildman–Crippen MR) is 307 cm³/mol. The second-order valence-electron chi connectivity index (χ2n) is 19.9. The first kappa shape index (κ1) is 68.7. The highest BCUT2D eigenvalue weighted by atomic mass is 31.2. The number of likely N-dealkylation sites (N-methyl/N-ethyl adjacent to an activating group) is 1. The average molecular weight is 1030 g/mol. The Balaban J connectivity index is 4.24. The molecule has 0 rings (SSSR count). The minimum atomic E-state index is -4.40. The topological polar surface area (TPSA) is 108 Å². The van der Waals surface area contributed by atoms with Gasteiger partial charge in [-0.1, -0.05) is 213 Å². The number of hydrogen-bond donors (Lipinski definition) is 1. The van der Waals surface area contributed by atoms with Crippen LogP contribution in [0, 0.1) is 0 Å². The van der Waals surface area contributed by atoms with Crippen LogP contribution in [0.15, 0.2) is 109 Å². The number of esters is 2. The lowest BCUT2D eigenvalue weighted by Gasteiger charge is -2.24. The van der Waals surface area contributed by atoms with Crippen LogP contribution < -0.4 is 0 Å². The lowest BCUT2D eigenvalue weighted by Crippen LogP contribution is -2.37. The first-order chi connectivity index (χ1) is 35.0. The number of ether oxygens (including phenoxy) is 2. The maximum atomic E-state index is 12.8. The molecule has 2 atom stereocenters. The van der Waals surface area contributed by atoms with Gasteiger partial charge in [0.05, 0.1) is 27.7 Å². The minimum absolute atomic E-state index is 0.0224. The normalized spacial score (nSPS) is 14.1. The Hall–Kier alpha value is -3.33. The quantitative estimate of drug-likeness (QED) is 0.0211. The van der Waals surface area contributed by atoms with Gasteiger partial charge in [0.15, 0.2) is 6.10 Å². The van der Waals surface area contributed by atoms with Crippen molar-refractivity contribution in [2.24, 2.45) is 0 Å². The largest absolute Gasteiger partial charge is 0.472 e. The molecule has 10 heteroatoms. The van der Waals surface area contributed by atoms with Crippen molar-refractivity contribution in [2.75, 3.05) is 47.5 Å². The van der Waals surface area contributed by atoms with Crippen LogP contribution in [0.2, 0.25) is 0 Å². The monoisotopic (exact) mass is 1020 g/mol. The van der Waals surface area contributed by atoms with Crippen molar-refractivity contribution in [3.8, 4) is 0 Å². The maximum Gasteiger partial charge on any atom is 0.472 e. The number of quaternary nitrogens is 1. The van der Waals surface area contributed by atoms with Gasteiger partial charge in [0, 0.05) is 12.8 Å². The first-order valence-electron chi connectivity index (χ1n) is 28.6. The van der Waals surface area contributed by atoms with Gasteiger partial charge in [-0.05, 0) is 103 Å². The second-order valence-corrected chi connectivity index (χ2v) is 21.4. The molecule has 0 aliphatic rings. The van der Waals surface area contributed by atoms with E-state index in [1.807, 2.05) is 21.1 Å². The molecule has 0 fully saturated rings. The van der Waals surface area contributed by atoms with Gasteiger partial charge in [0.1, 0.15) is 19.8 Å². The fraction of sp³-hybridized carbons (Fsp3) is 0.677. The number of phosphoric acid groups is 1. The van der Waals surface area contributed by atoms with Crippen LogP contribution in [0.5, 0.6) is 0 Å². The van der Waals surface area contributed by atoms with Crippen molar-refractivity contribution < 1.29 is 42.1 Å². The van der Waals surface area contributed by atoms with Crippen LogP contribution in [0.3, 0.4) is 0 Å². The zero-order valence-electron chi connectivity index (χ0n) is 46.6. The highest BCUT2D eigenvalue weighted by Gasteiger charge is 2.27. The molecule has 0 amide bonds. The van der Waals surface area contributed by atoms with E-state index >= 15 is 0 Å². The summed E-state index contributed by atoms with van der Waals surface area (Å²) in [5.41, 5.74) is 0. The van der Waals surface area contributed by atoms with Gasteiger partial charge in [0.2, 0.25) is 0 Å². The molecule has 0 aromatic heterocycles. The Kier molecular flexibility index (Phi) is 50.1. The van der Waals surface area contributed by atoms with Crippen molar-refractivity contribution in [1.82, 2.24) is 0 Å². The zero-order chi connectivity index (χ0) is 52.7. The minimum Gasteiger partial charge on any atom is -0.462 e. The molecule has 412 valence electrons. The molecule has 2 unspecified atom stereocenters. The molecule has 9 nitrogen and oxygen atoms in total. The van der Waals surface area contributed by atoms with Gasteiger partial charge in [-0.15, -0.1) is 0 Å². The van der Waals surface area contributed by atoms with Crippen LogP contribution in [0.1, 0.15) is 219 Å². The molecule has 0 spiro atoms. The van der Waals surface area contributed by atoms with Crippen molar-refractivity contribution in [3.63, 3.8) is 0 Å². The van der Waals surface area contributed by atoms with E-state index < -0.39 is 26.5 Å². The van der Waals surface area contributed by atoms with E-state index in [0.717, 1.165) is 122 Å². The zero-order valence-corrected chi connectivity index (χ0v) is 47.5. The molecule has 0 bridgehead atoms. The van der Waals surface area contributed by atoms with Crippen molar-refractivity contribution in [3.05, 3.63) is 109 Å². The number of carbonyl (C=O) groups excluding carboxylic acids is 2. The standard InChI is InChI=1S/C62H106NO8P/c1-6-8-10-12-14-16-18-20-22-24-25-26-27-28-29-30-31-32-33-34-35-36-37-39-41-43-45-47-49-51-53-55-62(65)71-60(59-70-72(66,67)69-57-56-63(3,4)5)58-68-61(64)54-52-50-48-46-44-42-40-38-23-21-19-17-15-13-11-9-7-2/h8,10,14,16,20-23,25-26,28-29,31-32,34-35,37,39,60H,6-7,9,11-13,15,17-19,24,27,30,33,36,38,40-59H2,1-5H3/p+1/b10-8-,16-14-,22-20-,23-21-,26-25-,29-28-,32-31-,35-34-,39-37-. The Morgan fingerprint density at radius 1 is 0.444 bits per heavy atom. The summed E-state index contributed by atoms with van der Waals surface area (Å²) in [5.74, 6) is -0.825. The molecule has 0 aliphatic heterocycles. The van der Waals surface area contributed by atoms with Gasteiger partial charge < -0.3 is 18.9 Å². The predicted octanol–water partition coefficient (Wildman–Crippen LogP) is 17.8. The summed E-state index contributed by atoms with van der Waals surface area (Å²) in [6, 6.07) is 0. The number of nitrogens with zero attached hydrogens (tertiary/aromatic N) is 1. The fourth-order valence-electron chi connectivity index (χ4n) is 7.38. The van der Waals surface area contributed by atoms with Crippen LogP contribution in [0.25, 0.3) is 0 Å². The van der Waals surface area contributed by atoms with Gasteiger partial charge in [-0.25, -0.2) is 4.57 Å². The number of allylic oxidation sites excluding steroid dienone is 18. The van der Waals surface area contributed by atoms with Crippen molar-refractivity contribution in [1.29, 1.82) is 0 Å². The molecule has 0 saturated carbocycles. The molecular weight excluding hydrogens is 918 g/mol. The molecule has 0 aliphatic carbocycles. The third-order valence-corrected chi connectivity index (χ3v) is 12.8. The SMILES string of the molecule is CC/C=C\C/C=C\C/C=C\C/C=C\C/C=C\C/C=C\C/C=C\C/C=C\CCCCCCCCC(=O)OC(COC(=O)CCCCCCCCC/C=C\CCCCCCCC)COP(=O)(O)OCC[N+](C)(C)C. The Labute approximate surface area is 442 Å². The lowest BCUT2D eigenvalue weighted by atomic mass is 10.1. The summed E-state index contributed by atoms with van der Waals surface area (Å²) >= 11 is 0. The van der Waals surface area contributed by atoms with E-state index in [4.69, 9.17) is 18.5 Å². The van der Waals surface area contributed by atoms with Gasteiger partial charge in [0.25, 0.3) is 0 Å². The number of phosphoric ester groups is 1. The summed E-state index contributed by atoms with van der Waals surface area (Å²) in [5, 5.41) is 0. The maximum absolute atomic E-state index is 12.8. The van der Waals surface area contributed by atoms with E-state index in [1.54, 1.807) is 0 Å². The highest BCUT2D eigenvalue weighted by molar-refractivity contribution is 7.47. The molecule has 72 heavy (non-hydrogen) atoms. The van der Waals surface area contributed by atoms with E-state index in [9.17, 15) is 19.0 Å². The number of unbranched alkanes of at least 4 members (excludes halogenated alkanes) is 19. The van der Waals surface area contributed by atoms with E-state index in [-0.39, 0.29) is 32.0 Å². The van der Waals surface area contributed by atoms with Crippen LogP contribution in [-0.4, -0.2) is 74.9 Å². The molecule has 0 aromatic rings. The molecule has 0 radical (unpaired) electrons.